The van der Waals surface area contributed by atoms with Gasteiger partial charge in [0.15, 0.2) is 5.82 Å². The molecule has 0 spiro atoms. The third-order valence-corrected chi connectivity index (χ3v) is 7.85. The highest BCUT2D eigenvalue weighted by molar-refractivity contribution is 6.31. The van der Waals surface area contributed by atoms with Crippen molar-refractivity contribution in [2.24, 2.45) is 17.5 Å². The molecule has 1 amide bonds. The summed E-state index contributed by atoms with van der Waals surface area (Å²) in [5.41, 5.74) is 4.34. The van der Waals surface area contributed by atoms with Crippen LogP contribution in [0.3, 0.4) is 0 Å². The molecule has 4 heterocycles. The number of nitrogens with two attached hydrogens (primary N) is 2. The van der Waals surface area contributed by atoms with Crippen molar-refractivity contribution in [2.45, 2.75) is 38.1 Å². The van der Waals surface area contributed by atoms with Crippen molar-refractivity contribution in [1.29, 1.82) is 0 Å². The van der Waals surface area contributed by atoms with Crippen LogP contribution in [-0.2, 0) is 4.79 Å². The monoisotopic (exact) mass is 679 g/mol. The van der Waals surface area contributed by atoms with Gasteiger partial charge in [-0.3, -0.25) is 24.1 Å². The van der Waals surface area contributed by atoms with Gasteiger partial charge in [0, 0.05) is 24.2 Å². The maximum absolute atomic E-state index is 15.4. The quantitative estimate of drug-likeness (QED) is 0.119. The Morgan fingerprint density at radius 1 is 1.22 bits per heavy atom. The van der Waals surface area contributed by atoms with Crippen LogP contribution in [0.5, 0.6) is 0 Å². The fourth-order valence-corrected chi connectivity index (χ4v) is 5.39. The summed E-state index contributed by atoms with van der Waals surface area (Å²) in [6.45, 7) is -1.74. The number of fused-ring (bicyclic) bond motifs is 4. The lowest BCUT2D eigenvalue weighted by Crippen LogP contribution is -2.41. The molecule has 5 rings (SSSR count). The highest BCUT2D eigenvalue weighted by Gasteiger charge is 2.34. The summed E-state index contributed by atoms with van der Waals surface area (Å²) >= 11 is 11.7. The van der Waals surface area contributed by atoms with Gasteiger partial charge in [-0.2, -0.15) is 13.9 Å². The molecule has 0 radical (unpaired) electrons. The summed E-state index contributed by atoms with van der Waals surface area (Å²) in [4.78, 5) is 35.2. The number of aromatic nitrogens is 5. The number of rotatable bonds is 5. The normalized spacial score (nSPS) is 20.5. The molecule has 0 fully saturated rings. The van der Waals surface area contributed by atoms with E-state index in [0.717, 1.165) is 34.4 Å². The van der Waals surface area contributed by atoms with E-state index in [0.29, 0.717) is 4.68 Å². The minimum atomic E-state index is -3.08. The first kappa shape index (κ1) is 32.9. The van der Waals surface area contributed by atoms with Gasteiger partial charge in [-0.25, -0.2) is 19.9 Å². The van der Waals surface area contributed by atoms with Gasteiger partial charge in [-0.1, -0.05) is 30.1 Å². The fourth-order valence-electron chi connectivity index (χ4n) is 5.13. The van der Waals surface area contributed by atoms with E-state index in [9.17, 15) is 28.6 Å². The van der Waals surface area contributed by atoms with E-state index < -0.39 is 48.0 Å². The van der Waals surface area contributed by atoms with Crippen molar-refractivity contribution in [3.05, 3.63) is 87.3 Å². The zero-order chi connectivity index (χ0) is 33.4. The number of hydrogen-bond acceptors (Lipinski definition) is 10. The molecule has 1 aliphatic heterocycles. The Kier molecular flexibility index (Phi) is 9.37. The molecule has 13 nitrogen and oxygen atoms in total. The molecule has 1 aliphatic rings. The van der Waals surface area contributed by atoms with Crippen molar-refractivity contribution in [1.82, 2.24) is 24.3 Å². The number of alkyl halides is 2. The van der Waals surface area contributed by atoms with Gasteiger partial charge in [0.1, 0.15) is 5.16 Å². The molecule has 18 heteroatoms. The van der Waals surface area contributed by atoms with E-state index in [1.54, 1.807) is 0 Å². The Balaban J connectivity index is 1.68. The largest absolute Gasteiger partial charge is 0.390 e. The topological polar surface area (TPSA) is 190 Å². The number of aliphatic hydroxyl groups is 2. The molecule has 0 saturated carbocycles. The van der Waals surface area contributed by atoms with E-state index in [1.165, 1.54) is 37.4 Å². The zero-order valence-corrected chi connectivity index (χ0v) is 25.2. The molecular weight excluding hydrogens is 654 g/mol. The molecular formula is C28H26Cl2F3N9O4. The molecule has 46 heavy (non-hydrogen) atoms. The van der Waals surface area contributed by atoms with Crippen LogP contribution in [0, 0.1) is 11.7 Å². The first-order chi connectivity index (χ1) is 21.8. The first-order valence-electron chi connectivity index (χ1n) is 13.5. The number of pyridine rings is 1. The number of benzene rings is 1. The summed E-state index contributed by atoms with van der Waals surface area (Å²) in [6, 6.07) is 5.21. The number of amides is 1. The third kappa shape index (κ3) is 6.29. The van der Waals surface area contributed by atoms with Crippen LogP contribution in [0.1, 0.15) is 31.6 Å². The number of hydrogen-bond donors (Lipinski definition) is 5. The molecule has 4 aromatic rings. The van der Waals surface area contributed by atoms with Crippen molar-refractivity contribution >= 4 is 40.5 Å². The Hall–Kier alpha value is -4.48. The number of nitrogens with zero attached hydrogens (tertiary/aromatic N) is 6. The number of hydrazine groups is 1. The van der Waals surface area contributed by atoms with Crippen molar-refractivity contribution in [2.75, 3.05) is 10.3 Å². The average molecular weight is 680 g/mol. The van der Waals surface area contributed by atoms with Crippen LogP contribution in [0.4, 0.5) is 24.5 Å². The summed E-state index contributed by atoms with van der Waals surface area (Å²) in [7, 11) is 0. The van der Waals surface area contributed by atoms with Crippen molar-refractivity contribution < 1.29 is 28.2 Å². The van der Waals surface area contributed by atoms with Gasteiger partial charge in [-0.05, 0) is 24.3 Å². The van der Waals surface area contributed by atoms with Crippen molar-refractivity contribution in [3.63, 3.8) is 0 Å². The van der Waals surface area contributed by atoms with E-state index in [-0.39, 0.29) is 56.2 Å². The molecule has 3 aromatic heterocycles. The highest BCUT2D eigenvalue weighted by Crippen LogP contribution is 2.37. The van der Waals surface area contributed by atoms with E-state index in [2.05, 4.69) is 20.4 Å². The maximum Gasteiger partial charge on any atom is 0.333 e. The first-order valence-corrected chi connectivity index (χ1v) is 14.3. The fraction of sp³-hybridized carbons (Fsp3) is 0.250. The van der Waals surface area contributed by atoms with E-state index in [4.69, 9.17) is 34.8 Å². The number of halogens is 5. The molecule has 4 unspecified atom stereocenters. The maximum atomic E-state index is 15.4. The minimum absolute atomic E-state index is 0.00720. The summed E-state index contributed by atoms with van der Waals surface area (Å²) in [6.07, 6.45) is 0.874. The Bertz CT molecular complexity index is 1880. The highest BCUT2D eigenvalue weighted by atomic mass is 35.5. The van der Waals surface area contributed by atoms with Crippen LogP contribution in [0.25, 0.3) is 22.5 Å². The van der Waals surface area contributed by atoms with Gasteiger partial charge in [0.25, 0.3) is 5.56 Å². The number of carbonyl (C=O) groups excluding carboxylic acids is 1. The van der Waals surface area contributed by atoms with Crippen LogP contribution < -0.4 is 27.5 Å². The molecule has 0 aliphatic carbocycles. The van der Waals surface area contributed by atoms with Gasteiger partial charge >= 0.3 is 6.55 Å². The minimum Gasteiger partial charge on any atom is -0.390 e. The average Bonchev–Trinajstić information content (AvgIpc) is 3.43. The predicted molar refractivity (Wildman–Crippen MR) is 163 cm³/mol. The Morgan fingerprint density at radius 2 is 1.96 bits per heavy atom. The lowest BCUT2D eigenvalue weighted by molar-refractivity contribution is -0.126. The molecule has 7 N–H and O–H groups in total. The van der Waals surface area contributed by atoms with Gasteiger partial charge in [0.2, 0.25) is 5.91 Å². The van der Waals surface area contributed by atoms with Crippen LogP contribution >= 0.6 is 23.2 Å². The molecule has 2 bridgehead atoms. The van der Waals surface area contributed by atoms with E-state index >= 15 is 4.39 Å². The standard InChI is InChI=1S/C28H26Cl2F3N9O4/c1-12-26(45)20(43)8-19(15-6-13(4-5-36-15)25-17(39-27(12)46)9-38-42(25)28(32)33)40-11-37-16(7-22(40)44)23-18(41(35)10-21(30)34)3-2-14(29)24(23)31/h2-7,9-12,19-20,26,28,43,45H,8,34-35H2,1H3,(H,39,46)/b21-10-. The lowest BCUT2D eigenvalue weighted by Gasteiger charge is -2.28. The van der Waals surface area contributed by atoms with Gasteiger partial charge in [0.05, 0.1) is 81.9 Å². The van der Waals surface area contributed by atoms with Crippen LogP contribution in [0.2, 0.25) is 5.02 Å². The zero-order valence-electron chi connectivity index (χ0n) is 23.7. The number of aliphatic hydroxyl groups excluding tert-OH is 2. The second kappa shape index (κ2) is 13.1. The predicted octanol–water partition coefficient (Wildman–Crippen LogP) is 3.32. The van der Waals surface area contributed by atoms with Gasteiger partial charge in [-0.15, -0.1) is 0 Å². The second-order valence-electron chi connectivity index (χ2n) is 10.4. The second-order valence-corrected chi connectivity index (χ2v) is 11.2. The van der Waals surface area contributed by atoms with Crippen molar-refractivity contribution in [3.8, 4) is 22.5 Å². The number of nitrogens with one attached hydrogen (secondary N) is 1. The Labute approximate surface area is 268 Å². The van der Waals surface area contributed by atoms with E-state index in [1.807, 2.05) is 0 Å². The number of carbonyl (C=O) groups is 1. The number of anilines is 2. The summed E-state index contributed by atoms with van der Waals surface area (Å²) in [5, 5.41) is 28.5. The van der Waals surface area contributed by atoms with Crippen LogP contribution in [-0.4, -0.2) is 52.6 Å². The Morgan fingerprint density at radius 3 is 2.63 bits per heavy atom. The van der Waals surface area contributed by atoms with Gasteiger partial charge < -0.3 is 21.3 Å². The molecule has 1 aromatic carbocycles. The lowest BCUT2D eigenvalue weighted by atomic mass is 9.92. The smallest absolute Gasteiger partial charge is 0.333 e. The molecule has 242 valence electrons. The third-order valence-electron chi connectivity index (χ3n) is 7.46. The molecule has 0 saturated heterocycles. The summed E-state index contributed by atoms with van der Waals surface area (Å²) in [5.74, 6) is 3.06. The van der Waals surface area contributed by atoms with Crippen LogP contribution in [0.15, 0.2) is 65.2 Å². The summed E-state index contributed by atoms with van der Waals surface area (Å²) < 4.78 is 44.7. The SMILES string of the molecule is CC1C(=O)Nc2cnn(C(F)F)c2-c2ccnc(c2)C(n2cnc(-c3c(N(N)/C=C(\N)Cl)ccc(Cl)c3F)cc2=O)CC(O)C1O. The molecule has 4 atom stereocenters.